The summed E-state index contributed by atoms with van der Waals surface area (Å²) in [5.74, 6) is 0.629. The van der Waals surface area contributed by atoms with Gasteiger partial charge in [-0.3, -0.25) is 0 Å². The van der Waals surface area contributed by atoms with Crippen molar-refractivity contribution in [2.45, 2.75) is 38.4 Å². The molecule has 0 aromatic heterocycles. The van der Waals surface area contributed by atoms with Gasteiger partial charge in [-0.15, -0.1) is 0 Å². The summed E-state index contributed by atoms with van der Waals surface area (Å²) in [7, 11) is -2.99. The first-order valence-corrected chi connectivity index (χ1v) is 6.93. The molecule has 4 heteroatoms. The fourth-order valence-electron chi connectivity index (χ4n) is 4.18. The Hall–Kier alpha value is -0.0900. The topological polar surface area (TPSA) is 46.2 Å². The summed E-state index contributed by atoms with van der Waals surface area (Å²) in [5.41, 5.74) is 0.269. The van der Waals surface area contributed by atoms with Crippen molar-refractivity contribution in [3.63, 3.8) is 0 Å². The van der Waals surface area contributed by atoms with Gasteiger partial charge in [0.15, 0.2) is 0 Å². The number of sulfonamides is 1. The van der Waals surface area contributed by atoms with Crippen LogP contribution in [0.1, 0.15) is 33.1 Å². The summed E-state index contributed by atoms with van der Waals surface area (Å²) in [5, 5.41) is -0.0938. The predicted molar refractivity (Wildman–Crippen MR) is 54.3 cm³/mol. The zero-order valence-corrected chi connectivity index (χ0v) is 9.52. The molecule has 14 heavy (non-hydrogen) atoms. The molecule has 3 aliphatic rings. The summed E-state index contributed by atoms with van der Waals surface area (Å²) < 4.78 is 26.4. The van der Waals surface area contributed by atoms with Gasteiger partial charge in [0.1, 0.15) is 0 Å². The second kappa shape index (κ2) is 2.19. The minimum Gasteiger partial charge on any atom is -0.214 e. The van der Waals surface area contributed by atoms with Crippen LogP contribution in [0.25, 0.3) is 0 Å². The predicted octanol–water partition coefficient (Wildman–Crippen LogP) is 1.11. The minimum atomic E-state index is -2.99. The maximum Gasteiger partial charge on any atom is 0.215 e. The summed E-state index contributed by atoms with van der Waals surface area (Å²) in [6, 6.07) is 0. The van der Waals surface area contributed by atoms with E-state index in [4.69, 9.17) is 0 Å². The fraction of sp³-hybridized carbons (Fsp3) is 1.00. The molecule has 0 radical (unpaired) electrons. The van der Waals surface area contributed by atoms with Crippen molar-refractivity contribution in [2.75, 3.05) is 6.54 Å². The van der Waals surface area contributed by atoms with Crippen molar-refractivity contribution in [1.29, 1.82) is 0 Å². The van der Waals surface area contributed by atoms with Gasteiger partial charge in [-0.1, -0.05) is 13.8 Å². The smallest absolute Gasteiger partial charge is 0.214 e. The third-order valence-electron chi connectivity index (χ3n) is 5.32. The van der Waals surface area contributed by atoms with Crippen LogP contribution in [0.3, 0.4) is 0 Å². The first-order chi connectivity index (χ1) is 6.40. The highest BCUT2D eigenvalue weighted by Crippen LogP contribution is 2.68. The molecular weight excluding hydrogens is 198 g/mol. The Labute approximate surface area is 85.3 Å². The first-order valence-electron chi connectivity index (χ1n) is 5.39. The number of hydrogen-bond donors (Lipinski definition) is 1. The Bertz CT molecular complexity index is 387. The molecule has 2 aliphatic carbocycles. The van der Waals surface area contributed by atoms with E-state index >= 15 is 0 Å². The second-order valence-electron chi connectivity index (χ2n) is 5.70. The Kier molecular flexibility index (Phi) is 1.43. The van der Waals surface area contributed by atoms with Gasteiger partial charge in [0.05, 0.1) is 5.25 Å². The Morgan fingerprint density at radius 1 is 1.36 bits per heavy atom. The van der Waals surface area contributed by atoms with Crippen LogP contribution >= 0.6 is 0 Å². The molecule has 2 saturated carbocycles. The van der Waals surface area contributed by atoms with Crippen LogP contribution in [-0.2, 0) is 10.0 Å². The van der Waals surface area contributed by atoms with Gasteiger partial charge in [0.2, 0.25) is 10.0 Å². The molecule has 1 heterocycles. The maximum atomic E-state index is 11.8. The van der Waals surface area contributed by atoms with Gasteiger partial charge in [0, 0.05) is 12.0 Å². The zero-order valence-electron chi connectivity index (χ0n) is 8.71. The van der Waals surface area contributed by atoms with Gasteiger partial charge in [-0.05, 0) is 30.6 Å². The van der Waals surface area contributed by atoms with Gasteiger partial charge >= 0.3 is 0 Å². The molecule has 3 nitrogen and oxygen atoms in total. The zero-order chi connectivity index (χ0) is 10.2. The summed E-state index contributed by atoms with van der Waals surface area (Å²) >= 11 is 0. The van der Waals surface area contributed by atoms with E-state index in [1.54, 1.807) is 0 Å². The number of rotatable bonds is 0. The molecule has 2 unspecified atom stereocenters. The molecule has 0 aromatic carbocycles. The van der Waals surface area contributed by atoms with Crippen molar-refractivity contribution in [3.05, 3.63) is 0 Å². The number of nitrogens with one attached hydrogen (secondary N) is 1. The van der Waals surface area contributed by atoms with Crippen LogP contribution in [0.5, 0.6) is 0 Å². The average molecular weight is 215 g/mol. The highest BCUT2D eigenvalue weighted by Gasteiger charge is 2.70. The first kappa shape index (κ1) is 9.16. The van der Waals surface area contributed by atoms with Crippen molar-refractivity contribution in [1.82, 2.24) is 4.72 Å². The molecule has 2 bridgehead atoms. The van der Waals surface area contributed by atoms with E-state index in [1.807, 2.05) is 0 Å². The Morgan fingerprint density at radius 3 is 2.64 bits per heavy atom. The van der Waals surface area contributed by atoms with Crippen molar-refractivity contribution >= 4 is 10.0 Å². The molecule has 1 aliphatic heterocycles. The summed E-state index contributed by atoms with van der Waals surface area (Å²) in [6.45, 7) is 5.20. The highest BCUT2D eigenvalue weighted by molar-refractivity contribution is 7.90. The lowest BCUT2D eigenvalue weighted by atomic mass is 9.69. The van der Waals surface area contributed by atoms with E-state index in [0.29, 0.717) is 12.5 Å². The molecule has 1 spiro atoms. The summed E-state index contributed by atoms with van der Waals surface area (Å²) in [4.78, 5) is 0. The lowest BCUT2D eigenvalue weighted by Crippen LogP contribution is -2.38. The van der Waals surface area contributed by atoms with Crippen molar-refractivity contribution < 1.29 is 8.42 Å². The molecule has 3 rings (SSSR count). The normalized spacial score (nSPS) is 52.1. The van der Waals surface area contributed by atoms with E-state index in [0.717, 1.165) is 12.8 Å². The fourth-order valence-corrected chi connectivity index (χ4v) is 6.42. The highest BCUT2D eigenvalue weighted by atomic mass is 32.2. The molecule has 1 saturated heterocycles. The third-order valence-corrected chi connectivity index (χ3v) is 7.26. The monoisotopic (exact) mass is 215 g/mol. The lowest BCUT2D eigenvalue weighted by molar-refractivity contribution is 0.146. The van der Waals surface area contributed by atoms with E-state index in [9.17, 15) is 8.42 Å². The van der Waals surface area contributed by atoms with Crippen LogP contribution in [0, 0.1) is 16.7 Å². The minimum absolute atomic E-state index is 0.0521. The van der Waals surface area contributed by atoms with Crippen LogP contribution in [0.4, 0.5) is 0 Å². The average Bonchev–Trinajstić information content (AvgIpc) is 2.60. The van der Waals surface area contributed by atoms with Crippen LogP contribution < -0.4 is 4.72 Å². The molecular formula is C10H17NO2S. The van der Waals surface area contributed by atoms with E-state index in [-0.39, 0.29) is 16.1 Å². The summed E-state index contributed by atoms with van der Waals surface area (Å²) in [6.07, 6.45) is 3.21. The van der Waals surface area contributed by atoms with Crippen LogP contribution in [0.15, 0.2) is 0 Å². The van der Waals surface area contributed by atoms with Crippen LogP contribution in [0.2, 0.25) is 0 Å². The second-order valence-corrected chi connectivity index (χ2v) is 7.65. The molecule has 0 amide bonds. The largest absolute Gasteiger partial charge is 0.215 e. The van der Waals surface area contributed by atoms with Gasteiger partial charge < -0.3 is 0 Å². The SMILES string of the molecule is CC1(C)C2CC[C@]13CNS(=O)(=O)C3C2. The third kappa shape index (κ3) is 0.735. The molecule has 0 aromatic rings. The van der Waals surface area contributed by atoms with Crippen molar-refractivity contribution in [2.24, 2.45) is 16.7 Å². The molecule has 1 N–H and O–H groups in total. The number of hydrogen-bond acceptors (Lipinski definition) is 2. The lowest BCUT2D eigenvalue weighted by Gasteiger charge is -2.36. The number of fused-ring (bicyclic) bond motifs is 1. The Morgan fingerprint density at radius 2 is 2.07 bits per heavy atom. The maximum absolute atomic E-state index is 11.8. The Balaban J connectivity index is 2.17. The van der Waals surface area contributed by atoms with Gasteiger partial charge in [-0.2, -0.15) is 0 Å². The molecule has 3 fully saturated rings. The van der Waals surface area contributed by atoms with E-state index in [1.165, 1.54) is 6.42 Å². The molecule has 80 valence electrons. The quantitative estimate of drug-likeness (QED) is 0.658. The van der Waals surface area contributed by atoms with Crippen LogP contribution in [-0.4, -0.2) is 20.2 Å². The standard InChI is InChI=1S/C10H17NO2S/c1-9(2)7-3-4-10(9)6-11-14(12,13)8(10)5-7/h7-8,11H,3-6H2,1-2H3/t7?,8?,10-/m1/s1. The van der Waals surface area contributed by atoms with Crippen molar-refractivity contribution in [3.8, 4) is 0 Å². The van der Waals surface area contributed by atoms with Gasteiger partial charge in [0.25, 0.3) is 0 Å². The van der Waals surface area contributed by atoms with E-state index < -0.39 is 10.0 Å². The molecule has 3 atom stereocenters. The van der Waals surface area contributed by atoms with Gasteiger partial charge in [-0.25, -0.2) is 13.1 Å². The van der Waals surface area contributed by atoms with E-state index in [2.05, 4.69) is 18.6 Å².